The van der Waals surface area contributed by atoms with Crippen LogP contribution in [0.15, 0.2) is 0 Å². The average Bonchev–Trinajstić information content (AvgIpc) is 2.98. The number of fused-ring (bicyclic) bond motifs is 8. The Bertz CT molecular complexity index is 287. The highest BCUT2D eigenvalue weighted by Gasteiger charge is 2.60. The molecule has 16 heavy (non-hydrogen) atoms. The topological polar surface area (TPSA) is 20.2 Å². The van der Waals surface area contributed by atoms with Gasteiger partial charge in [-0.25, -0.2) is 0 Å². The van der Waals surface area contributed by atoms with Gasteiger partial charge in [0, 0.05) is 6.61 Å². The Morgan fingerprint density at radius 3 is 2.25 bits per heavy atom. The number of rotatable bonds is 1. The van der Waals surface area contributed by atoms with Gasteiger partial charge in [0.2, 0.25) is 0 Å². The summed E-state index contributed by atoms with van der Waals surface area (Å²) in [7, 11) is 0. The van der Waals surface area contributed by atoms with Crippen LogP contribution < -0.4 is 0 Å². The zero-order valence-electron chi connectivity index (χ0n) is 10.1. The molecule has 4 fully saturated rings. The Kier molecular flexibility index (Phi) is 2.16. The Labute approximate surface area is 98.6 Å². The summed E-state index contributed by atoms with van der Waals surface area (Å²) in [5, 5.41) is 9.61. The average molecular weight is 220 g/mol. The fourth-order valence-electron chi connectivity index (χ4n) is 6.41. The molecule has 4 saturated carbocycles. The molecule has 7 unspecified atom stereocenters. The molecule has 0 aromatic rings. The Hall–Kier alpha value is -0.0400. The lowest BCUT2D eigenvalue weighted by atomic mass is 9.60. The molecule has 0 amide bonds. The molecule has 1 N–H and O–H groups in total. The van der Waals surface area contributed by atoms with Crippen molar-refractivity contribution in [3.63, 3.8) is 0 Å². The van der Waals surface area contributed by atoms with Gasteiger partial charge in [0.15, 0.2) is 0 Å². The van der Waals surface area contributed by atoms with Gasteiger partial charge in [-0.3, -0.25) is 0 Å². The van der Waals surface area contributed by atoms with E-state index in [4.69, 9.17) is 0 Å². The molecule has 2 bridgehead atoms. The summed E-state index contributed by atoms with van der Waals surface area (Å²) in [4.78, 5) is 0. The molecule has 4 aliphatic rings. The second-order valence-electron chi connectivity index (χ2n) is 6.94. The Morgan fingerprint density at radius 2 is 1.44 bits per heavy atom. The molecule has 0 aromatic carbocycles. The predicted octanol–water partition coefficient (Wildman–Crippen LogP) is 3.08. The summed E-state index contributed by atoms with van der Waals surface area (Å²) in [6.07, 6.45) is 10.3. The van der Waals surface area contributed by atoms with Crippen molar-refractivity contribution >= 4 is 0 Å². The van der Waals surface area contributed by atoms with Crippen molar-refractivity contribution in [2.45, 2.75) is 44.9 Å². The molecule has 4 aliphatic carbocycles. The van der Waals surface area contributed by atoms with Gasteiger partial charge in [-0.15, -0.1) is 0 Å². The van der Waals surface area contributed by atoms with Gasteiger partial charge in [0.1, 0.15) is 0 Å². The molecule has 90 valence electrons. The largest absolute Gasteiger partial charge is 0.396 e. The van der Waals surface area contributed by atoms with Gasteiger partial charge < -0.3 is 5.11 Å². The lowest BCUT2D eigenvalue weighted by Gasteiger charge is -2.45. The quantitative estimate of drug-likeness (QED) is 0.720. The third kappa shape index (κ3) is 1.11. The van der Waals surface area contributed by atoms with Gasteiger partial charge in [0.25, 0.3) is 0 Å². The van der Waals surface area contributed by atoms with Crippen molar-refractivity contribution < 1.29 is 5.11 Å². The zero-order chi connectivity index (χ0) is 10.7. The van der Waals surface area contributed by atoms with Gasteiger partial charge in [-0.05, 0) is 73.5 Å². The summed E-state index contributed by atoms with van der Waals surface area (Å²) in [5.74, 6) is 6.94. The molecule has 0 aromatic heterocycles. The van der Waals surface area contributed by atoms with E-state index in [2.05, 4.69) is 0 Å². The Morgan fingerprint density at radius 1 is 0.750 bits per heavy atom. The van der Waals surface area contributed by atoms with E-state index in [0.29, 0.717) is 12.5 Å². The molecular weight excluding hydrogens is 196 g/mol. The summed E-state index contributed by atoms with van der Waals surface area (Å²) in [6, 6.07) is 0. The number of aliphatic hydroxyl groups excluding tert-OH is 1. The molecule has 0 aliphatic heterocycles. The summed E-state index contributed by atoms with van der Waals surface area (Å²) in [5.41, 5.74) is 0. The molecule has 0 heterocycles. The van der Waals surface area contributed by atoms with Crippen LogP contribution in [0.5, 0.6) is 0 Å². The smallest absolute Gasteiger partial charge is 0.0462 e. The highest BCUT2D eigenvalue weighted by atomic mass is 16.3. The van der Waals surface area contributed by atoms with E-state index in [0.717, 1.165) is 35.5 Å². The molecule has 0 spiro atoms. The number of hydrogen-bond donors (Lipinski definition) is 1. The van der Waals surface area contributed by atoms with Crippen LogP contribution in [0, 0.1) is 41.4 Å². The van der Waals surface area contributed by atoms with Crippen LogP contribution in [0.2, 0.25) is 0 Å². The van der Waals surface area contributed by atoms with Gasteiger partial charge >= 0.3 is 0 Å². The van der Waals surface area contributed by atoms with E-state index in [1.807, 2.05) is 0 Å². The highest BCUT2D eigenvalue weighted by Crippen LogP contribution is 2.67. The number of aliphatic hydroxyl groups is 1. The van der Waals surface area contributed by atoms with Gasteiger partial charge in [-0.2, -0.15) is 0 Å². The summed E-state index contributed by atoms with van der Waals surface area (Å²) >= 11 is 0. The lowest BCUT2D eigenvalue weighted by molar-refractivity contribution is 0.0110. The maximum atomic E-state index is 9.61. The van der Waals surface area contributed by atoms with Crippen LogP contribution in [-0.4, -0.2) is 11.7 Å². The van der Waals surface area contributed by atoms with Crippen LogP contribution in [0.4, 0.5) is 0 Å². The molecule has 1 heteroatoms. The van der Waals surface area contributed by atoms with Crippen molar-refractivity contribution in [1.82, 2.24) is 0 Å². The minimum Gasteiger partial charge on any atom is -0.396 e. The normalized spacial score (nSPS) is 58.7. The molecule has 0 radical (unpaired) electrons. The van der Waals surface area contributed by atoms with E-state index in [1.54, 1.807) is 12.8 Å². The first kappa shape index (κ1) is 9.94. The first-order valence-corrected chi connectivity index (χ1v) is 7.51. The van der Waals surface area contributed by atoms with E-state index in [-0.39, 0.29) is 0 Å². The minimum absolute atomic E-state index is 0.474. The van der Waals surface area contributed by atoms with E-state index in [1.165, 1.54) is 32.1 Å². The lowest BCUT2D eigenvalue weighted by Crippen LogP contribution is -2.40. The molecule has 1 nitrogen and oxygen atoms in total. The third-order valence-electron chi connectivity index (χ3n) is 6.70. The second kappa shape index (κ2) is 3.48. The first-order valence-electron chi connectivity index (χ1n) is 7.51. The zero-order valence-corrected chi connectivity index (χ0v) is 10.1. The first-order chi connectivity index (χ1) is 7.90. The maximum Gasteiger partial charge on any atom is 0.0462 e. The molecule has 4 rings (SSSR count). The summed E-state index contributed by atoms with van der Waals surface area (Å²) in [6.45, 7) is 0.474. The van der Waals surface area contributed by atoms with Crippen LogP contribution >= 0.6 is 0 Å². The third-order valence-corrected chi connectivity index (χ3v) is 6.70. The molecule has 0 saturated heterocycles. The van der Waals surface area contributed by atoms with Crippen LogP contribution in [-0.2, 0) is 0 Å². The monoisotopic (exact) mass is 220 g/mol. The van der Waals surface area contributed by atoms with Crippen molar-refractivity contribution in [3.05, 3.63) is 0 Å². The van der Waals surface area contributed by atoms with E-state index < -0.39 is 0 Å². The fraction of sp³-hybridized carbons (Fsp3) is 1.00. The van der Waals surface area contributed by atoms with E-state index >= 15 is 0 Å². The van der Waals surface area contributed by atoms with Crippen molar-refractivity contribution in [2.24, 2.45) is 41.4 Å². The van der Waals surface area contributed by atoms with Crippen molar-refractivity contribution in [3.8, 4) is 0 Å². The molecule has 7 atom stereocenters. The molecular formula is C15H24O. The maximum absolute atomic E-state index is 9.61. The standard InChI is InChI=1S/C15H24O/c16-8-9-3-1-6-12-13-7-14(15(9)12)11-5-2-4-10(11)13/h9-16H,1-8H2. The summed E-state index contributed by atoms with van der Waals surface area (Å²) < 4.78 is 0. The van der Waals surface area contributed by atoms with Crippen molar-refractivity contribution in [1.29, 1.82) is 0 Å². The van der Waals surface area contributed by atoms with Gasteiger partial charge in [0.05, 0.1) is 0 Å². The minimum atomic E-state index is 0.474. The number of hydrogen-bond acceptors (Lipinski definition) is 1. The SMILES string of the molecule is OCC1CCCC2C3CC(C4CCCC34)C12. The predicted molar refractivity (Wildman–Crippen MR) is 63.8 cm³/mol. The highest BCUT2D eigenvalue weighted by molar-refractivity contribution is 5.09. The van der Waals surface area contributed by atoms with Crippen LogP contribution in [0.25, 0.3) is 0 Å². The second-order valence-corrected chi connectivity index (χ2v) is 6.94. The van der Waals surface area contributed by atoms with Crippen LogP contribution in [0.3, 0.4) is 0 Å². The Balaban J connectivity index is 1.65. The van der Waals surface area contributed by atoms with Gasteiger partial charge in [-0.1, -0.05) is 12.8 Å². The van der Waals surface area contributed by atoms with Crippen LogP contribution in [0.1, 0.15) is 44.9 Å². The van der Waals surface area contributed by atoms with Crippen molar-refractivity contribution in [2.75, 3.05) is 6.61 Å². The van der Waals surface area contributed by atoms with E-state index in [9.17, 15) is 5.11 Å². The fourth-order valence-corrected chi connectivity index (χ4v) is 6.41.